The lowest BCUT2D eigenvalue weighted by Crippen LogP contribution is -2.18. The van der Waals surface area contributed by atoms with E-state index in [2.05, 4.69) is 32.3 Å². The molecule has 7 nitrogen and oxygen atoms in total. The number of hydrogen-bond donors (Lipinski definition) is 2. The molecule has 142 valence electrons. The van der Waals surface area contributed by atoms with Crippen molar-refractivity contribution in [2.75, 3.05) is 29.1 Å². The van der Waals surface area contributed by atoms with E-state index in [0.717, 1.165) is 18.7 Å². The van der Waals surface area contributed by atoms with Crippen molar-refractivity contribution in [1.29, 1.82) is 0 Å². The highest BCUT2D eigenvalue weighted by Gasteiger charge is 2.24. The number of aromatic nitrogens is 2. The van der Waals surface area contributed by atoms with Gasteiger partial charge in [-0.1, -0.05) is 30.3 Å². The third kappa shape index (κ3) is 3.22. The number of fused-ring (bicyclic) bond motifs is 1. The van der Waals surface area contributed by atoms with Crippen molar-refractivity contribution < 1.29 is 9.53 Å². The number of nitrogen functional groups attached to an aromatic ring is 1. The van der Waals surface area contributed by atoms with E-state index in [0.29, 0.717) is 35.2 Å². The Morgan fingerprint density at radius 2 is 1.96 bits per heavy atom. The number of carbonyl (C=O) groups excluding carboxylic acids is 1. The number of esters is 1. The smallest absolute Gasteiger partial charge is 0.340 e. The van der Waals surface area contributed by atoms with Gasteiger partial charge in [0.1, 0.15) is 12.0 Å². The molecule has 0 atom stereocenters. The molecule has 0 amide bonds. The number of hydrogen-bond acceptors (Lipinski definition) is 7. The predicted octanol–water partition coefficient (Wildman–Crippen LogP) is 3.67. The van der Waals surface area contributed by atoms with Crippen LogP contribution >= 0.6 is 0 Å². The van der Waals surface area contributed by atoms with Crippen LogP contribution in [0, 0.1) is 0 Å². The second-order valence-electron chi connectivity index (χ2n) is 6.38. The van der Waals surface area contributed by atoms with Crippen molar-refractivity contribution in [2.45, 2.75) is 13.3 Å². The summed E-state index contributed by atoms with van der Waals surface area (Å²) in [7, 11) is 0. The zero-order chi connectivity index (χ0) is 19.5. The summed E-state index contributed by atoms with van der Waals surface area (Å²) < 4.78 is 5.13. The van der Waals surface area contributed by atoms with Gasteiger partial charge < -0.3 is 20.7 Å². The van der Waals surface area contributed by atoms with Crippen LogP contribution in [-0.2, 0) is 11.2 Å². The fraction of sp³-hybridized carbons (Fsp3) is 0.190. The molecule has 28 heavy (non-hydrogen) atoms. The normalized spacial score (nSPS) is 12.5. The first kappa shape index (κ1) is 17.8. The Labute approximate surface area is 163 Å². The molecule has 0 bridgehead atoms. The van der Waals surface area contributed by atoms with Gasteiger partial charge in [0.05, 0.1) is 17.9 Å². The molecule has 0 radical (unpaired) electrons. The number of ether oxygens (including phenoxy) is 1. The molecule has 1 aliphatic heterocycles. The van der Waals surface area contributed by atoms with Gasteiger partial charge in [0.15, 0.2) is 11.6 Å². The third-order valence-corrected chi connectivity index (χ3v) is 4.68. The molecule has 2 heterocycles. The van der Waals surface area contributed by atoms with Crippen LogP contribution in [0.4, 0.5) is 28.7 Å². The van der Waals surface area contributed by atoms with Gasteiger partial charge in [-0.05, 0) is 37.1 Å². The minimum Gasteiger partial charge on any atom is -0.462 e. The van der Waals surface area contributed by atoms with E-state index < -0.39 is 5.97 Å². The molecule has 0 aliphatic carbocycles. The zero-order valence-corrected chi connectivity index (χ0v) is 15.6. The maximum atomic E-state index is 12.2. The van der Waals surface area contributed by atoms with Crippen LogP contribution in [0.3, 0.4) is 0 Å². The average Bonchev–Trinajstić information content (AvgIpc) is 3.14. The molecule has 3 N–H and O–H groups in total. The highest BCUT2D eigenvalue weighted by molar-refractivity contribution is 5.97. The molecule has 0 spiro atoms. The Balaban J connectivity index is 1.67. The Kier molecular flexibility index (Phi) is 4.80. The maximum absolute atomic E-state index is 12.2. The summed E-state index contributed by atoms with van der Waals surface area (Å²) in [5, 5.41) is 3.16. The van der Waals surface area contributed by atoms with E-state index in [-0.39, 0.29) is 0 Å². The second kappa shape index (κ2) is 7.56. The van der Waals surface area contributed by atoms with Crippen molar-refractivity contribution in [2.24, 2.45) is 0 Å². The summed E-state index contributed by atoms with van der Waals surface area (Å²) in [5.41, 5.74) is 10.2. The van der Waals surface area contributed by atoms with Crippen molar-refractivity contribution in [3.8, 4) is 0 Å². The summed E-state index contributed by atoms with van der Waals surface area (Å²) in [6.45, 7) is 2.89. The number of nitrogens with two attached hydrogens (primary N) is 1. The molecule has 1 aliphatic rings. The first-order valence-electron chi connectivity index (χ1n) is 9.18. The molecule has 0 saturated heterocycles. The Bertz CT molecular complexity index is 1020. The largest absolute Gasteiger partial charge is 0.462 e. The highest BCUT2D eigenvalue weighted by atomic mass is 16.5. The molecule has 0 unspecified atom stereocenters. The standard InChI is InChI=1S/C21H21N5O2/c1-2-28-21(27)15-8-4-5-9-16(15)25-19-18(22)20(24-13-23-19)26-12-11-14-7-3-6-10-17(14)26/h3-10,13H,2,11-12,22H2,1H3,(H,23,24,25). The molecule has 0 saturated carbocycles. The van der Waals surface area contributed by atoms with Crippen molar-refractivity contribution >= 4 is 34.7 Å². The Morgan fingerprint density at radius 3 is 2.82 bits per heavy atom. The van der Waals surface area contributed by atoms with Crippen LogP contribution in [-0.4, -0.2) is 29.1 Å². The van der Waals surface area contributed by atoms with Gasteiger partial charge in [0.2, 0.25) is 0 Å². The number of nitrogens with one attached hydrogen (secondary N) is 1. The molecular weight excluding hydrogens is 354 g/mol. The predicted molar refractivity (Wildman–Crippen MR) is 109 cm³/mol. The third-order valence-electron chi connectivity index (χ3n) is 4.68. The van der Waals surface area contributed by atoms with Crippen molar-refractivity contribution in [3.63, 3.8) is 0 Å². The van der Waals surface area contributed by atoms with Crippen LogP contribution in [0.1, 0.15) is 22.8 Å². The number of nitrogens with zero attached hydrogens (tertiary/aromatic N) is 3. The van der Waals surface area contributed by atoms with Gasteiger partial charge in [-0.25, -0.2) is 14.8 Å². The lowest BCUT2D eigenvalue weighted by atomic mass is 10.1. The van der Waals surface area contributed by atoms with Crippen LogP contribution in [0.5, 0.6) is 0 Å². The van der Waals surface area contributed by atoms with Crippen molar-refractivity contribution in [1.82, 2.24) is 9.97 Å². The zero-order valence-electron chi connectivity index (χ0n) is 15.6. The number of carbonyl (C=O) groups is 1. The average molecular weight is 375 g/mol. The van der Waals surface area contributed by atoms with Gasteiger partial charge in [0, 0.05) is 12.2 Å². The lowest BCUT2D eigenvalue weighted by Gasteiger charge is -2.21. The second-order valence-corrected chi connectivity index (χ2v) is 6.38. The molecule has 1 aromatic heterocycles. The first-order chi connectivity index (χ1) is 13.7. The van der Waals surface area contributed by atoms with Gasteiger partial charge in [0.25, 0.3) is 0 Å². The number of rotatable bonds is 5. The Hall–Kier alpha value is -3.61. The molecule has 4 rings (SSSR count). The lowest BCUT2D eigenvalue weighted by molar-refractivity contribution is 0.0527. The summed E-state index contributed by atoms with van der Waals surface area (Å²) in [4.78, 5) is 23.0. The maximum Gasteiger partial charge on any atom is 0.340 e. The van der Waals surface area contributed by atoms with E-state index in [1.807, 2.05) is 18.2 Å². The Morgan fingerprint density at radius 1 is 1.18 bits per heavy atom. The fourth-order valence-electron chi connectivity index (χ4n) is 3.37. The topological polar surface area (TPSA) is 93.4 Å². The highest BCUT2D eigenvalue weighted by Crippen LogP contribution is 2.38. The number of anilines is 5. The van der Waals surface area contributed by atoms with Crippen LogP contribution in [0.25, 0.3) is 0 Å². The minimum atomic E-state index is -0.396. The monoisotopic (exact) mass is 375 g/mol. The van der Waals surface area contributed by atoms with Gasteiger partial charge >= 0.3 is 5.97 Å². The summed E-state index contributed by atoms with van der Waals surface area (Å²) >= 11 is 0. The summed E-state index contributed by atoms with van der Waals surface area (Å²) in [6, 6.07) is 15.3. The van der Waals surface area contributed by atoms with Crippen LogP contribution in [0.15, 0.2) is 54.9 Å². The number of para-hydroxylation sites is 2. The molecule has 2 aromatic carbocycles. The van der Waals surface area contributed by atoms with E-state index in [9.17, 15) is 4.79 Å². The SMILES string of the molecule is CCOC(=O)c1ccccc1Nc1ncnc(N2CCc3ccccc32)c1N. The number of benzene rings is 2. The van der Waals surface area contributed by atoms with Gasteiger partial charge in [-0.15, -0.1) is 0 Å². The molecular formula is C21H21N5O2. The summed E-state index contributed by atoms with van der Waals surface area (Å²) in [5.74, 6) is 0.703. The van der Waals surface area contributed by atoms with Crippen LogP contribution < -0.4 is 16.0 Å². The first-order valence-corrected chi connectivity index (χ1v) is 9.18. The van der Waals surface area contributed by atoms with E-state index in [1.54, 1.807) is 25.1 Å². The minimum absolute atomic E-state index is 0.307. The quantitative estimate of drug-likeness (QED) is 0.657. The van der Waals surface area contributed by atoms with E-state index in [4.69, 9.17) is 10.5 Å². The summed E-state index contributed by atoms with van der Waals surface area (Å²) in [6.07, 6.45) is 2.41. The molecule has 7 heteroatoms. The molecule has 0 fully saturated rings. The van der Waals surface area contributed by atoms with Crippen LogP contribution in [0.2, 0.25) is 0 Å². The van der Waals surface area contributed by atoms with E-state index >= 15 is 0 Å². The van der Waals surface area contributed by atoms with E-state index in [1.165, 1.54) is 11.9 Å². The van der Waals surface area contributed by atoms with Crippen molar-refractivity contribution in [3.05, 3.63) is 66.0 Å². The van der Waals surface area contributed by atoms with Gasteiger partial charge in [-0.3, -0.25) is 0 Å². The van der Waals surface area contributed by atoms with Gasteiger partial charge in [-0.2, -0.15) is 0 Å². The fourth-order valence-corrected chi connectivity index (χ4v) is 3.37. The molecule has 3 aromatic rings.